The molecule has 0 radical (unpaired) electrons. The Morgan fingerprint density at radius 2 is 1.63 bits per heavy atom. The average molecular weight is 471 g/mol. The van der Waals surface area contributed by atoms with Crippen LogP contribution in [0.4, 0.5) is 5.69 Å². The Kier molecular flexibility index (Phi) is 4.44. The highest BCUT2D eigenvalue weighted by atomic mass is 16.7. The first kappa shape index (κ1) is 21.5. The van der Waals surface area contributed by atoms with Gasteiger partial charge in [-0.25, -0.2) is 4.79 Å². The molecular weight excluding hydrogens is 446 g/mol. The number of hydroxylamine groups is 2. The van der Waals surface area contributed by atoms with Crippen LogP contribution in [0.1, 0.15) is 44.7 Å². The monoisotopic (exact) mass is 470 g/mol. The van der Waals surface area contributed by atoms with E-state index in [1.807, 2.05) is 12.1 Å². The van der Waals surface area contributed by atoms with Crippen LogP contribution in [0.3, 0.4) is 0 Å². The lowest BCUT2D eigenvalue weighted by Gasteiger charge is -2.41. The van der Waals surface area contributed by atoms with Gasteiger partial charge in [-0.1, -0.05) is 30.3 Å². The van der Waals surface area contributed by atoms with Crippen molar-refractivity contribution in [2.75, 3.05) is 32.7 Å². The summed E-state index contributed by atoms with van der Waals surface area (Å²) in [4.78, 5) is 58.2. The number of rotatable bonds is 2. The molecule has 3 aliphatic rings. The number of hydrogen-bond acceptors (Lipinski definition) is 6. The SMILES string of the molecule is CN1C[N+](C)(C)Cc2c1cc1c3c(cccc23)C(=O)c2c(C(=O)ON3C(=O)CCC3=O)cccc2-1. The van der Waals surface area contributed by atoms with Gasteiger partial charge in [-0.05, 0) is 28.6 Å². The third-order valence-corrected chi connectivity index (χ3v) is 7.07. The number of quaternary nitrogens is 1. The fraction of sp³-hybridized carbons (Fsp3) is 0.259. The van der Waals surface area contributed by atoms with E-state index in [-0.39, 0.29) is 29.8 Å². The molecule has 1 saturated heterocycles. The summed E-state index contributed by atoms with van der Waals surface area (Å²) in [6, 6.07) is 12.8. The Balaban J connectivity index is 1.55. The van der Waals surface area contributed by atoms with Crippen LogP contribution in [0.5, 0.6) is 0 Å². The highest BCUT2D eigenvalue weighted by molar-refractivity contribution is 6.29. The molecule has 0 saturated carbocycles. The molecule has 2 amide bonds. The number of carbonyl (C=O) groups excluding carboxylic acids is 4. The zero-order valence-corrected chi connectivity index (χ0v) is 19.8. The number of benzene rings is 3. The van der Waals surface area contributed by atoms with Crippen molar-refractivity contribution >= 4 is 40.0 Å². The van der Waals surface area contributed by atoms with Crippen molar-refractivity contribution in [2.24, 2.45) is 0 Å². The highest BCUT2D eigenvalue weighted by Gasteiger charge is 2.37. The molecule has 3 aromatic rings. The molecule has 0 aromatic heterocycles. The average Bonchev–Trinajstić information content (AvgIpc) is 3.13. The van der Waals surface area contributed by atoms with Crippen LogP contribution in [-0.2, 0) is 21.0 Å². The van der Waals surface area contributed by atoms with Crippen molar-refractivity contribution in [2.45, 2.75) is 19.4 Å². The molecule has 8 nitrogen and oxygen atoms in total. The van der Waals surface area contributed by atoms with Gasteiger partial charge in [0.05, 0.1) is 25.3 Å². The zero-order chi connectivity index (χ0) is 24.6. The van der Waals surface area contributed by atoms with E-state index in [0.717, 1.165) is 39.7 Å². The van der Waals surface area contributed by atoms with Crippen LogP contribution < -0.4 is 4.90 Å². The molecule has 0 N–H and O–H groups in total. The van der Waals surface area contributed by atoms with Crippen LogP contribution in [0.2, 0.25) is 0 Å². The van der Waals surface area contributed by atoms with Gasteiger partial charge in [0.1, 0.15) is 6.54 Å². The van der Waals surface area contributed by atoms with Gasteiger partial charge in [0, 0.05) is 42.0 Å². The topological polar surface area (TPSA) is 84.0 Å². The van der Waals surface area contributed by atoms with Gasteiger partial charge in [0.2, 0.25) is 0 Å². The van der Waals surface area contributed by atoms with E-state index in [1.54, 1.807) is 12.1 Å². The van der Waals surface area contributed by atoms with Crippen molar-refractivity contribution in [3.05, 3.63) is 64.7 Å². The van der Waals surface area contributed by atoms with Gasteiger partial charge in [-0.3, -0.25) is 14.4 Å². The van der Waals surface area contributed by atoms with Gasteiger partial charge in [-0.15, -0.1) is 5.06 Å². The minimum Gasteiger partial charge on any atom is -0.328 e. The van der Waals surface area contributed by atoms with E-state index in [9.17, 15) is 19.2 Å². The molecule has 176 valence electrons. The first-order valence-corrected chi connectivity index (χ1v) is 11.5. The largest absolute Gasteiger partial charge is 0.364 e. The Hall–Kier alpha value is -4.04. The summed E-state index contributed by atoms with van der Waals surface area (Å²) in [6.07, 6.45) is 0.00290. The van der Waals surface area contributed by atoms with Gasteiger partial charge < -0.3 is 14.2 Å². The van der Waals surface area contributed by atoms with Crippen molar-refractivity contribution < 1.29 is 28.5 Å². The Morgan fingerprint density at radius 1 is 0.943 bits per heavy atom. The third-order valence-electron chi connectivity index (χ3n) is 7.07. The van der Waals surface area contributed by atoms with Crippen molar-refractivity contribution in [3.8, 4) is 11.1 Å². The Bertz CT molecular complexity index is 1490. The minimum atomic E-state index is -0.899. The second-order valence-electron chi connectivity index (χ2n) is 10.1. The lowest BCUT2D eigenvalue weighted by atomic mass is 9.79. The number of anilines is 1. The Morgan fingerprint density at radius 3 is 2.37 bits per heavy atom. The molecule has 8 heteroatoms. The number of nitrogens with zero attached hydrogens (tertiary/aromatic N) is 3. The lowest BCUT2D eigenvalue weighted by Crippen LogP contribution is -2.50. The molecule has 1 aliphatic carbocycles. The second-order valence-corrected chi connectivity index (χ2v) is 10.1. The van der Waals surface area contributed by atoms with Crippen LogP contribution in [0.15, 0.2) is 42.5 Å². The van der Waals surface area contributed by atoms with Crippen LogP contribution in [0, 0.1) is 0 Å². The number of amides is 2. The summed E-state index contributed by atoms with van der Waals surface area (Å²) in [5, 5.41) is 2.43. The molecule has 1 fully saturated rings. The van der Waals surface area contributed by atoms with Gasteiger partial charge in [0.25, 0.3) is 11.8 Å². The minimum absolute atomic E-state index is 0.00145. The summed E-state index contributed by atoms with van der Waals surface area (Å²) in [5.74, 6) is -2.30. The smallest absolute Gasteiger partial charge is 0.328 e. The number of ketones is 1. The quantitative estimate of drug-likeness (QED) is 0.330. The van der Waals surface area contributed by atoms with Gasteiger partial charge in [-0.2, -0.15) is 0 Å². The molecule has 6 rings (SSSR count). The second kappa shape index (κ2) is 7.23. The predicted octanol–water partition coefficient (Wildman–Crippen LogP) is 3.26. The summed E-state index contributed by atoms with van der Waals surface area (Å²) in [6.45, 7) is 1.68. The maximum Gasteiger partial charge on any atom is 0.364 e. The Labute approximate surface area is 201 Å². The molecule has 0 spiro atoms. The van der Waals surface area contributed by atoms with Crippen LogP contribution in [-0.4, -0.2) is 60.9 Å². The summed E-state index contributed by atoms with van der Waals surface area (Å²) < 4.78 is 0.802. The molecular formula is C27H24N3O5+. The van der Waals surface area contributed by atoms with E-state index in [1.165, 1.54) is 11.6 Å². The third kappa shape index (κ3) is 3.10. The summed E-state index contributed by atoms with van der Waals surface area (Å²) in [5.41, 5.74) is 4.61. The first-order chi connectivity index (χ1) is 16.7. The summed E-state index contributed by atoms with van der Waals surface area (Å²) in [7, 11) is 6.43. The number of hydrogen-bond donors (Lipinski definition) is 0. The van der Waals surface area contributed by atoms with Gasteiger partial charge in [0.15, 0.2) is 12.5 Å². The molecule has 3 aromatic carbocycles. The van der Waals surface area contributed by atoms with E-state index in [0.29, 0.717) is 16.2 Å². The van der Waals surface area contributed by atoms with Gasteiger partial charge >= 0.3 is 5.97 Å². The lowest BCUT2D eigenvalue weighted by molar-refractivity contribution is -0.904. The fourth-order valence-electron chi connectivity index (χ4n) is 5.68. The number of carbonyl (C=O) groups is 4. The van der Waals surface area contributed by atoms with E-state index in [4.69, 9.17) is 4.84 Å². The molecule has 0 atom stereocenters. The van der Waals surface area contributed by atoms with E-state index >= 15 is 0 Å². The van der Waals surface area contributed by atoms with Crippen molar-refractivity contribution in [3.63, 3.8) is 0 Å². The van der Waals surface area contributed by atoms with Crippen LogP contribution >= 0.6 is 0 Å². The fourth-order valence-corrected chi connectivity index (χ4v) is 5.68. The molecule has 2 aliphatic heterocycles. The van der Waals surface area contributed by atoms with Crippen LogP contribution in [0.25, 0.3) is 21.9 Å². The normalized spacial score (nSPS) is 18.1. The molecule has 0 bridgehead atoms. The predicted molar refractivity (Wildman–Crippen MR) is 128 cm³/mol. The maximum absolute atomic E-state index is 13.8. The van der Waals surface area contributed by atoms with E-state index in [2.05, 4.69) is 38.2 Å². The first-order valence-electron chi connectivity index (χ1n) is 11.5. The highest BCUT2D eigenvalue weighted by Crippen LogP contribution is 2.46. The zero-order valence-electron chi connectivity index (χ0n) is 19.8. The maximum atomic E-state index is 13.8. The molecule has 2 heterocycles. The number of fused-ring (bicyclic) bond motifs is 4. The van der Waals surface area contributed by atoms with Crippen molar-refractivity contribution in [1.82, 2.24) is 5.06 Å². The van der Waals surface area contributed by atoms with Crippen molar-refractivity contribution in [1.29, 1.82) is 0 Å². The number of imide groups is 1. The molecule has 0 unspecified atom stereocenters. The summed E-state index contributed by atoms with van der Waals surface area (Å²) >= 11 is 0. The standard InChI is InChI=1S/C27H24N3O5/c1-28-14-30(2,3)13-20-16-7-4-8-17-24(16)19(12-21(20)28)15-6-5-9-18(25(15)26(17)33)27(34)35-29-22(31)10-11-23(29)32/h4-9,12H,10-11,13-14H2,1-3H3/q+1. The molecule has 35 heavy (non-hydrogen) atoms. The van der Waals surface area contributed by atoms with E-state index < -0.39 is 17.8 Å².